The molecule has 9 heteroatoms. The molecule has 1 aromatic carbocycles. The van der Waals surface area contributed by atoms with E-state index in [9.17, 15) is 18.0 Å². The van der Waals surface area contributed by atoms with Crippen LogP contribution in [0.2, 0.25) is 0 Å². The molecule has 2 saturated heterocycles. The molecule has 170 valence electrons. The zero-order valence-electron chi connectivity index (χ0n) is 18.0. The zero-order valence-corrected chi connectivity index (χ0v) is 18.8. The summed E-state index contributed by atoms with van der Waals surface area (Å²) in [7, 11) is -3.71. The first-order valence-corrected chi connectivity index (χ1v) is 12.6. The Labute approximate surface area is 184 Å². The first-order chi connectivity index (χ1) is 14.9. The van der Waals surface area contributed by atoms with E-state index >= 15 is 0 Å². The van der Waals surface area contributed by atoms with Crippen LogP contribution in [-0.2, 0) is 30.8 Å². The van der Waals surface area contributed by atoms with Crippen LogP contribution in [0.15, 0.2) is 23.1 Å². The molecule has 0 spiro atoms. The molecule has 0 radical (unpaired) electrons. The third-order valence-electron chi connectivity index (χ3n) is 6.47. The van der Waals surface area contributed by atoms with Crippen LogP contribution in [-0.4, -0.2) is 63.4 Å². The molecule has 31 heavy (non-hydrogen) atoms. The Morgan fingerprint density at radius 1 is 1.16 bits per heavy atom. The van der Waals surface area contributed by atoms with Crippen molar-refractivity contribution in [3.63, 3.8) is 0 Å². The number of carbonyl (C=O) groups is 2. The molecule has 3 aliphatic heterocycles. The lowest BCUT2D eigenvalue weighted by atomic mass is 9.99. The maximum Gasteiger partial charge on any atom is 0.243 e. The van der Waals surface area contributed by atoms with Crippen LogP contribution in [0.4, 0.5) is 5.69 Å². The normalized spacial score (nSPS) is 24.6. The highest BCUT2D eigenvalue weighted by atomic mass is 32.2. The summed E-state index contributed by atoms with van der Waals surface area (Å²) < 4.78 is 33.6. The van der Waals surface area contributed by atoms with Gasteiger partial charge in [-0.3, -0.25) is 9.59 Å². The monoisotopic (exact) mass is 449 g/mol. The Hall–Kier alpha value is -1.97. The summed E-state index contributed by atoms with van der Waals surface area (Å²) in [6, 6.07) is 5.01. The van der Waals surface area contributed by atoms with E-state index in [1.165, 1.54) is 11.2 Å². The van der Waals surface area contributed by atoms with E-state index in [-0.39, 0.29) is 35.3 Å². The fourth-order valence-electron chi connectivity index (χ4n) is 4.75. The average Bonchev–Trinajstić information content (AvgIpc) is 3.30. The van der Waals surface area contributed by atoms with E-state index in [0.717, 1.165) is 43.5 Å². The summed E-state index contributed by atoms with van der Waals surface area (Å²) >= 11 is 0. The Morgan fingerprint density at radius 2 is 2.00 bits per heavy atom. The first kappa shape index (κ1) is 22.2. The number of nitrogens with one attached hydrogen (secondary N) is 1. The third-order valence-corrected chi connectivity index (χ3v) is 8.33. The topological polar surface area (TPSA) is 96.0 Å². The second kappa shape index (κ2) is 9.26. The van der Waals surface area contributed by atoms with Crippen molar-refractivity contribution in [3.8, 4) is 0 Å². The van der Waals surface area contributed by atoms with Gasteiger partial charge < -0.3 is 15.0 Å². The molecule has 2 atom stereocenters. The summed E-state index contributed by atoms with van der Waals surface area (Å²) in [5.41, 5.74) is 1.67. The number of hydrogen-bond acceptors (Lipinski definition) is 5. The van der Waals surface area contributed by atoms with Crippen molar-refractivity contribution in [1.29, 1.82) is 0 Å². The number of fused-ring (bicyclic) bond motifs is 1. The highest BCUT2D eigenvalue weighted by molar-refractivity contribution is 7.89. The quantitative estimate of drug-likeness (QED) is 0.738. The molecule has 0 aromatic heterocycles. The van der Waals surface area contributed by atoms with Crippen molar-refractivity contribution in [2.24, 2.45) is 5.92 Å². The van der Waals surface area contributed by atoms with Gasteiger partial charge in [0.25, 0.3) is 0 Å². The largest absolute Gasteiger partial charge is 0.376 e. The smallest absolute Gasteiger partial charge is 0.243 e. The highest BCUT2D eigenvalue weighted by Crippen LogP contribution is 2.31. The van der Waals surface area contributed by atoms with Gasteiger partial charge in [0.15, 0.2) is 0 Å². The fourth-order valence-corrected chi connectivity index (χ4v) is 6.32. The molecule has 3 heterocycles. The van der Waals surface area contributed by atoms with Gasteiger partial charge in [-0.1, -0.05) is 0 Å². The molecule has 2 fully saturated rings. The minimum absolute atomic E-state index is 0.0376. The van der Waals surface area contributed by atoms with Crippen LogP contribution in [0.25, 0.3) is 0 Å². The minimum Gasteiger partial charge on any atom is -0.376 e. The molecule has 0 aliphatic carbocycles. The lowest BCUT2D eigenvalue weighted by molar-refractivity contribution is -0.126. The molecule has 0 bridgehead atoms. The van der Waals surface area contributed by atoms with E-state index in [2.05, 4.69) is 5.32 Å². The SMILES string of the molecule is CC(=O)N1CCCc2cc(S(=O)(=O)N3CCC[C@@H](C(=O)NC[C@H]4CCCO4)C3)ccc21. The van der Waals surface area contributed by atoms with E-state index in [1.807, 2.05) is 0 Å². The molecule has 3 aliphatic rings. The van der Waals surface area contributed by atoms with Gasteiger partial charge in [-0.15, -0.1) is 0 Å². The number of aryl methyl sites for hydroxylation is 1. The molecular formula is C22H31N3O5S. The predicted octanol–water partition coefficient (Wildman–Crippen LogP) is 1.68. The lowest BCUT2D eigenvalue weighted by Gasteiger charge is -2.32. The third kappa shape index (κ3) is 4.78. The van der Waals surface area contributed by atoms with Crippen LogP contribution >= 0.6 is 0 Å². The van der Waals surface area contributed by atoms with Gasteiger partial charge in [-0.2, -0.15) is 4.31 Å². The zero-order chi connectivity index (χ0) is 22.0. The minimum atomic E-state index is -3.71. The molecule has 0 unspecified atom stereocenters. The van der Waals surface area contributed by atoms with Crippen LogP contribution < -0.4 is 10.2 Å². The Kier molecular flexibility index (Phi) is 6.64. The van der Waals surface area contributed by atoms with E-state index < -0.39 is 10.0 Å². The Morgan fingerprint density at radius 3 is 2.74 bits per heavy atom. The van der Waals surface area contributed by atoms with Crippen molar-refractivity contribution in [3.05, 3.63) is 23.8 Å². The maximum atomic E-state index is 13.3. The van der Waals surface area contributed by atoms with Gasteiger partial charge in [0.1, 0.15) is 0 Å². The standard InChI is InChI=1S/C22H31N3O5S/c1-16(26)25-11-3-5-17-13-20(8-9-21(17)25)31(28,29)24-10-2-6-18(15-24)22(27)23-14-19-7-4-12-30-19/h8-9,13,18-19H,2-7,10-12,14-15H2,1H3,(H,23,27)/t18-,19-/m1/s1. The Balaban J connectivity index is 1.45. The van der Waals surface area contributed by atoms with E-state index in [1.54, 1.807) is 23.1 Å². The summed E-state index contributed by atoms with van der Waals surface area (Å²) in [5, 5.41) is 2.94. The van der Waals surface area contributed by atoms with Crippen LogP contribution in [0.1, 0.15) is 44.6 Å². The van der Waals surface area contributed by atoms with E-state index in [4.69, 9.17) is 4.74 Å². The van der Waals surface area contributed by atoms with E-state index in [0.29, 0.717) is 32.5 Å². The van der Waals surface area contributed by atoms with Crippen molar-refractivity contribution in [2.75, 3.05) is 37.7 Å². The number of anilines is 1. The average molecular weight is 450 g/mol. The summed E-state index contributed by atoms with van der Waals surface area (Å²) in [4.78, 5) is 26.4. The summed E-state index contributed by atoms with van der Waals surface area (Å²) in [6.45, 7) is 4.01. The predicted molar refractivity (Wildman–Crippen MR) is 116 cm³/mol. The van der Waals surface area contributed by atoms with Gasteiger partial charge in [0.05, 0.1) is 16.9 Å². The summed E-state index contributed by atoms with van der Waals surface area (Å²) in [6.07, 6.45) is 4.92. The van der Waals surface area contributed by atoms with Gasteiger partial charge in [-0.05, 0) is 62.3 Å². The lowest BCUT2D eigenvalue weighted by Crippen LogP contribution is -2.46. The second-order valence-corrected chi connectivity index (χ2v) is 10.6. The van der Waals surface area contributed by atoms with Crippen molar-refractivity contribution in [1.82, 2.24) is 9.62 Å². The molecule has 1 N–H and O–H groups in total. The maximum absolute atomic E-state index is 13.3. The molecule has 8 nitrogen and oxygen atoms in total. The molecule has 4 rings (SSSR count). The van der Waals surface area contributed by atoms with Gasteiger partial charge in [0.2, 0.25) is 21.8 Å². The number of nitrogens with zero attached hydrogens (tertiary/aromatic N) is 2. The number of piperidine rings is 1. The van der Waals surface area contributed by atoms with Crippen molar-refractivity contribution in [2.45, 2.75) is 56.4 Å². The van der Waals surface area contributed by atoms with Crippen LogP contribution in [0, 0.1) is 5.92 Å². The number of carbonyl (C=O) groups excluding carboxylic acids is 2. The molecular weight excluding hydrogens is 418 g/mol. The van der Waals surface area contributed by atoms with Gasteiger partial charge in [-0.25, -0.2) is 8.42 Å². The molecule has 2 amide bonds. The fraction of sp³-hybridized carbons (Fsp3) is 0.636. The highest BCUT2D eigenvalue weighted by Gasteiger charge is 2.34. The molecule has 1 aromatic rings. The van der Waals surface area contributed by atoms with Crippen LogP contribution in [0.3, 0.4) is 0 Å². The number of hydrogen-bond donors (Lipinski definition) is 1. The number of amides is 2. The van der Waals surface area contributed by atoms with Gasteiger partial charge in [0, 0.05) is 45.4 Å². The number of ether oxygens (including phenoxy) is 1. The van der Waals surface area contributed by atoms with Gasteiger partial charge >= 0.3 is 0 Å². The first-order valence-electron chi connectivity index (χ1n) is 11.2. The van der Waals surface area contributed by atoms with Crippen LogP contribution in [0.5, 0.6) is 0 Å². The summed E-state index contributed by atoms with van der Waals surface area (Å²) in [5.74, 6) is -0.488. The van der Waals surface area contributed by atoms with Crippen molar-refractivity contribution < 1.29 is 22.7 Å². The number of sulfonamides is 1. The second-order valence-electron chi connectivity index (χ2n) is 8.65. The Bertz CT molecular complexity index is 942. The number of rotatable bonds is 5. The number of benzene rings is 1. The van der Waals surface area contributed by atoms with Crippen molar-refractivity contribution >= 4 is 27.5 Å². The molecule has 0 saturated carbocycles.